The number of phenolic OH excluding ortho intramolecular Hbond substituents is 1. The summed E-state index contributed by atoms with van der Waals surface area (Å²) >= 11 is 0. The highest BCUT2D eigenvalue weighted by Gasteiger charge is 2.08. The Hall–Kier alpha value is -2.50. The van der Waals surface area contributed by atoms with E-state index >= 15 is 0 Å². The first-order valence-electron chi connectivity index (χ1n) is 5.41. The van der Waals surface area contributed by atoms with Crippen LogP contribution in [0.3, 0.4) is 0 Å². The SMILES string of the molecule is Cn1nccc1CNC(=O)c1ccc(N)c(O)c1. The van der Waals surface area contributed by atoms with Crippen molar-refractivity contribution in [1.82, 2.24) is 15.1 Å². The zero-order valence-electron chi connectivity index (χ0n) is 9.92. The summed E-state index contributed by atoms with van der Waals surface area (Å²) in [5, 5.41) is 16.2. The van der Waals surface area contributed by atoms with Crippen molar-refractivity contribution < 1.29 is 9.90 Å². The maximum atomic E-state index is 11.8. The Morgan fingerprint density at radius 3 is 2.89 bits per heavy atom. The third-order valence-electron chi connectivity index (χ3n) is 2.65. The molecule has 0 saturated carbocycles. The molecule has 0 bridgehead atoms. The van der Waals surface area contributed by atoms with Crippen LogP contribution >= 0.6 is 0 Å². The summed E-state index contributed by atoms with van der Waals surface area (Å²) < 4.78 is 1.68. The minimum Gasteiger partial charge on any atom is -0.506 e. The highest BCUT2D eigenvalue weighted by atomic mass is 16.3. The molecule has 1 aromatic heterocycles. The molecule has 6 nitrogen and oxygen atoms in total. The molecule has 0 spiro atoms. The van der Waals surface area contributed by atoms with E-state index in [0.717, 1.165) is 5.69 Å². The molecule has 94 valence electrons. The summed E-state index contributed by atoms with van der Waals surface area (Å²) in [6.07, 6.45) is 1.66. The fourth-order valence-corrected chi connectivity index (χ4v) is 1.53. The van der Waals surface area contributed by atoms with Crippen LogP contribution in [0.2, 0.25) is 0 Å². The van der Waals surface area contributed by atoms with Crippen molar-refractivity contribution in [3.63, 3.8) is 0 Å². The molecule has 6 heteroatoms. The molecule has 1 heterocycles. The van der Waals surface area contributed by atoms with Crippen LogP contribution in [0.4, 0.5) is 5.69 Å². The van der Waals surface area contributed by atoms with Gasteiger partial charge in [0.15, 0.2) is 0 Å². The third-order valence-corrected chi connectivity index (χ3v) is 2.65. The third kappa shape index (κ3) is 2.42. The molecule has 0 aliphatic carbocycles. The normalized spacial score (nSPS) is 10.3. The van der Waals surface area contributed by atoms with Crippen molar-refractivity contribution in [2.24, 2.45) is 7.05 Å². The number of hydrogen-bond donors (Lipinski definition) is 3. The van der Waals surface area contributed by atoms with Crippen LogP contribution in [0.1, 0.15) is 16.1 Å². The van der Waals surface area contributed by atoms with E-state index in [1.165, 1.54) is 12.1 Å². The lowest BCUT2D eigenvalue weighted by Crippen LogP contribution is -2.24. The Labute approximate surface area is 104 Å². The number of nitrogens with one attached hydrogen (secondary N) is 1. The first-order valence-corrected chi connectivity index (χ1v) is 5.41. The molecule has 1 amide bonds. The van der Waals surface area contributed by atoms with Crippen LogP contribution in [0.5, 0.6) is 5.75 Å². The van der Waals surface area contributed by atoms with Gasteiger partial charge in [0.1, 0.15) is 5.75 Å². The van der Waals surface area contributed by atoms with E-state index in [4.69, 9.17) is 5.73 Å². The first-order chi connectivity index (χ1) is 8.58. The number of hydrogen-bond acceptors (Lipinski definition) is 4. The number of nitrogens with zero attached hydrogens (tertiary/aromatic N) is 2. The molecular formula is C12H14N4O2. The van der Waals surface area contributed by atoms with Crippen molar-refractivity contribution >= 4 is 11.6 Å². The number of aryl methyl sites for hydroxylation is 1. The van der Waals surface area contributed by atoms with Gasteiger partial charge in [-0.1, -0.05) is 0 Å². The van der Waals surface area contributed by atoms with Crippen molar-refractivity contribution in [2.75, 3.05) is 5.73 Å². The maximum absolute atomic E-state index is 11.8. The average Bonchev–Trinajstić information content (AvgIpc) is 2.75. The lowest BCUT2D eigenvalue weighted by atomic mass is 10.2. The predicted molar refractivity (Wildman–Crippen MR) is 66.9 cm³/mol. The standard InChI is InChI=1S/C12H14N4O2/c1-16-9(4-5-15-16)7-14-12(18)8-2-3-10(13)11(17)6-8/h2-6,17H,7,13H2,1H3,(H,14,18). The van der Waals surface area contributed by atoms with Gasteiger partial charge in [0.2, 0.25) is 0 Å². The minimum atomic E-state index is -0.272. The Balaban J connectivity index is 2.04. The van der Waals surface area contributed by atoms with Crippen molar-refractivity contribution in [3.8, 4) is 5.75 Å². The van der Waals surface area contributed by atoms with Gasteiger partial charge in [0.05, 0.1) is 17.9 Å². The van der Waals surface area contributed by atoms with Gasteiger partial charge in [-0.3, -0.25) is 9.48 Å². The average molecular weight is 246 g/mol. The zero-order chi connectivity index (χ0) is 13.1. The van der Waals surface area contributed by atoms with Gasteiger partial charge in [0.25, 0.3) is 5.91 Å². The van der Waals surface area contributed by atoms with E-state index in [0.29, 0.717) is 12.1 Å². The maximum Gasteiger partial charge on any atom is 0.251 e. The first kappa shape index (κ1) is 12.0. The molecule has 0 aliphatic heterocycles. The number of anilines is 1. The molecule has 2 aromatic rings. The fraction of sp³-hybridized carbons (Fsp3) is 0.167. The smallest absolute Gasteiger partial charge is 0.251 e. The van der Waals surface area contributed by atoms with E-state index in [-0.39, 0.29) is 17.3 Å². The van der Waals surface area contributed by atoms with Gasteiger partial charge in [-0.05, 0) is 24.3 Å². The molecular weight excluding hydrogens is 232 g/mol. The number of nitrogens with two attached hydrogens (primary N) is 1. The quantitative estimate of drug-likeness (QED) is 0.547. The summed E-state index contributed by atoms with van der Waals surface area (Å²) in [5.74, 6) is -0.366. The summed E-state index contributed by atoms with van der Waals surface area (Å²) in [7, 11) is 1.80. The molecule has 0 aliphatic rings. The van der Waals surface area contributed by atoms with Gasteiger partial charge in [-0.15, -0.1) is 0 Å². The molecule has 0 atom stereocenters. The lowest BCUT2D eigenvalue weighted by Gasteiger charge is -2.06. The minimum absolute atomic E-state index is 0.0943. The molecule has 1 aromatic carbocycles. The molecule has 4 N–H and O–H groups in total. The number of rotatable bonds is 3. The zero-order valence-corrected chi connectivity index (χ0v) is 9.92. The highest BCUT2D eigenvalue weighted by Crippen LogP contribution is 2.20. The number of carbonyl (C=O) groups excluding carboxylic acids is 1. The van der Waals surface area contributed by atoms with E-state index in [1.54, 1.807) is 24.0 Å². The van der Waals surface area contributed by atoms with E-state index < -0.39 is 0 Å². The van der Waals surface area contributed by atoms with Gasteiger partial charge in [0, 0.05) is 18.8 Å². The summed E-state index contributed by atoms with van der Waals surface area (Å²) in [4.78, 5) is 11.8. The topological polar surface area (TPSA) is 93.2 Å². The monoisotopic (exact) mass is 246 g/mol. The summed E-state index contributed by atoms with van der Waals surface area (Å²) in [6, 6.07) is 6.22. The highest BCUT2D eigenvalue weighted by molar-refractivity contribution is 5.95. The van der Waals surface area contributed by atoms with Crippen LogP contribution in [-0.2, 0) is 13.6 Å². The molecule has 2 rings (SSSR count). The number of aromatic hydroxyl groups is 1. The molecule has 0 radical (unpaired) electrons. The second-order valence-electron chi connectivity index (χ2n) is 3.90. The lowest BCUT2D eigenvalue weighted by molar-refractivity contribution is 0.0949. The molecule has 0 fully saturated rings. The van der Waals surface area contributed by atoms with Crippen LogP contribution in [0.25, 0.3) is 0 Å². The van der Waals surface area contributed by atoms with Crippen LogP contribution in [0, 0.1) is 0 Å². The van der Waals surface area contributed by atoms with Crippen LogP contribution in [-0.4, -0.2) is 20.8 Å². The van der Waals surface area contributed by atoms with Crippen LogP contribution < -0.4 is 11.1 Å². The Morgan fingerprint density at radius 1 is 1.50 bits per heavy atom. The molecule has 0 saturated heterocycles. The van der Waals surface area contributed by atoms with Crippen LogP contribution in [0.15, 0.2) is 30.5 Å². The second kappa shape index (κ2) is 4.79. The van der Waals surface area contributed by atoms with Gasteiger partial charge < -0.3 is 16.2 Å². The number of carbonyl (C=O) groups is 1. The van der Waals surface area contributed by atoms with Gasteiger partial charge >= 0.3 is 0 Å². The number of amides is 1. The van der Waals surface area contributed by atoms with Gasteiger partial charge in [-0.2, -0.15) is 5.10 Å². The Morgan fingerprint density at radius 2 is 2.28 bits per heavy atom. The van der Waals surface area contributed by atoms with Crippen molar-refractivity contribution in [3.05, 3.63) is 41.7 Å². The Bertz CT molecular complexity index is 577. The van der Waals surface area contributed by atoms with Crippen molar-refractivity contribution in [2.45, 2.75) is 6.54 Å². The van der Waals surface area contributed by atoms with Crippen molar-refractivity contribution in [1.29, 1.82) is 0 Å². The van der Waals surface area contributed by atoms with E-state index in [2.05, 4.69) is 10.4 Å². The number of nitrogen functional groups attached to an aromatic ring is 1. The predicted octanol–water partition coefficient (Wildman–Crippen LogP) is 0.638. The molecule has 18 heavy (non-hydrogen) atoms. The van der Waals surface area contributed by atoms with E-state index in [9.17, 15) is 9.90 Å². The number of aromatic nitrogens is 2. The Kier molecular flexibility index (Phi) is 3.18. The number of benzene rings is 1. The largest absolute Gasteiger partial charge is 0.506 e. The fourth-order valence-electron chi connectivity index (χ4n) is 1.53. The van der Waals surface area contributed by atoms with Gasteiger partial charge in [-0.25, -0.2) is 0 Å². The number of phenols is 1. The second-order valence-corrected chi connectivity index (χ2v) is 3.90. The summed E-state index contributed by atoms with van der Waals surface area (Å²) in [6.45, 7) is 0.375. The molecule has 0 unspecified atom stereocenters. The summed E-state index contributed by atoms with van der Waals surface area (Å²) in [5.41, 5.74) is 6.97. The van der Waals surface area contributed by atoms with E-state index in [1.807, 2.05) is 6.07 Å².